The third-order valence-corrected chi connectivity index (χ3v) is 8.17. The van der Waals surface area contributed by atoms with Crippen LogP contribution in [0.4, 0.5) is 5.95 Å². The Morgan fingerprint density at radius 1 is 0.909 bits per heavy atom. The number of rotatable bonds is 25. The number of nitrogens with one attached hydrogen (secondary N) is 1. The van der Waals surface area contributed by atoms with E-state index >= 15 is 0 Å². The molecule has 0 bridgehead atoms. The van der Waals surface area contributed by atoms with Crippen LogP contribution in [0.3, 0.4) is 0 Å². The van der Waals surface area contributed by atoms with Crippen LogP contribution in [0.15, 0.2) is 11.1 Å². The zero-order valence-corrected chi connectivity index (χ0v) is 27.5. The minimum atomic E-state index is -0.697. The molecule has 0 aliphatic carbocycles. The van der Waals surface area contributed by atoms with Crippen molar-refractivity contribution < 1.29 is 19.1 Å². The highest BCUT2D eigenvalue weighted by molar-refractivity contribution is 5.75. The molecule has 2 atom stereocenters. The molecule has 44 heavy (non-hydrogen) atoms. The van der Waals surface area contributed by atoms with Crippen LogP contribution in [0.5, 0.6) is 0 Å². The van der Waals surface area contributed by atoms with E-state index in [2.05, 4.69) is 21.9 Å². The Hall–Kier alpha value is -2.95. The molecule has 0 saturated carbocycles. The summed E-state index contributed by atoms with van der Waals surface area (Å²) in [6, 6.07) is -0.697. The number of aromatic nitrogens is 4. The van der Waals surface area contributed by atoms with Gasteiger partial charge in [0.05, 0.1) is 19.5 Å². The van der Waals surface area contributed by atoms with Crippen LogP contribution in [-0.2, 0) is 25.6 Å². The second-order valence-corrected chi connectivity index (χ2v) is 12.5. The molecule has 2 heterocycles. The van der Waals surface area contributed by atoms with Gasteiger partial charge in [0, 0.05) is 18.9 Å². The van der Waals surface area contributed by atoms with Gasteiger partial charge in [-0.05, 0) is 18.8 Å². The first-order valence-electron chi connectivity index (χ1n) is 17.0. The molecule has 1 unspecified atom stereocenters. The van der Waals surface area contributed by atoms with E-state index in [1.807, 2.05) is 13.8 Å². The van der Waals surface area contributed by atoms with Crippen LogP contribution in [-0.4, -0.2) is 50.7 Å². The summed E-state index contributed by atoms with van der Waals surface area (Å²) < 4.78 is 12.7. The minimum Gasteiger partial charge on any atom is -0.465 e. The molecule has 5 N–H and O–H groups in total. The lowest BCUT2D eigenvalue weighted by Gasteiger charge is -2.19. The fourth-order valence-corrected chi connectivity index (χ4v) is 5.23. The van der Waals surface area contributed by atoms with Gasteiger partial charge in [0.2, 0.25) is 5.95 Å². The number of nitrogens with zero attached hydrogens (tertiary/aromatic N) is 3. The maximum atomic E-state index is 12.5. The molecule has 2 rings (SSSR count). The third-order valence-electron chi connectivity index (χ3n) is 8.17. The summed E-state index contributed by atoms with van der Waals surface area (Å²) in [5, 5.41) is 0. The van der Waals surface area contributed by atoms with Gasteiger partial charge in [-0.3, -0.25) is 19.4 Å². The zero-order chi connectivity index (χ0) is 32.2. The molecular weight excluding hydrogens is 560 g/mol. The number of hydrogen-bond acceptors (Lipinski definition) is 9. The highest BCUT2D eigenvalue weighted by atomic mass is 16.5. The van der Waals surface area contributed by atoms with Gasteiger partial charge in [0.15, 0.2) is 11.2 Å². The number of anilines is 1. The lowest BCUT2D eigenvalue weighted by atomic mass is 10.0. The maximum absolute atomic E-state index is 12.5. The fourth-order valence-electron chi connectivity index (χ4n) is 5.23. The molecule has 11 nitrogen and oxygen atoms in total. The van der Waals surface area contributed by atoms with Crippen LogP contribution in [0.25, 0.3) is 11.2 Å². The van der Waals surface area contributed by atoms with Crippen LogP contribution in [0.1, 0.15) is 130 Å². The van der Waals surface area contributed by atoms with Gasteiger partial charge in [0.1, 0.15) is 6.04 Å². The van der Waals surface area contributed by atoms with Crippen LogP contribution < -0.4 is 17.0 Å². The number of ether oxygens (including phenoxy) is 2. The maximum Gasteiger partial charge on any atom is 0.323 e. The quantitative estimate of drug-likeness (QED) is 0.0887. The van der Waals surface area contributed by atoms with Crippen LogP contribution >= 0.6 is 0 Å². The molecule has 0 spiro atoms. The van der Waals surface area contributed by atoms with Gasteiger partial charge in [0.25, 0.3) is 5.56 Å². The van der Waals surface area contributed by atoms with Crippen molar-refractivity contribution in [3.8, 4) is 0 Å². The summed E-state index contributed by atoms with van der Waals surface area (Å²) in [5.74, 6) is -0.947. The number of unbranched alkanes of at least 4 members (excludes halogenated alkanes) is 14. The van der Waals surface area contributed by atoms with Crippen LogP contribution in [0, 0.1) is 11.8 Å². The lowest BCUT2D eigenvalue weighted by Crippen LogP contribution is -2.37. The molecule has 0 aromatic carbocycles. The van der Waals surface area contributed by atoms with Crippen molar-refractivity contribution >= 4 is 29.1 Å². The second kappa shape index (κ2) is 21.7. The van der Waals surface area contributed by atoms with Crippen molar-refractivity contribution in [1.29, 1.82) is 0 Å². The lowest BCUT2D eigenvalue weighted by molar-refractivity contribution is -0.149. The standard InChI is InChI=1S/C33H58N6O5/c1-4-5-6-7-8-9-10-11-12-13-14-15-16-17-18-19-27(40)44-23-26(20-21-43-32(42)28(34)25(2)3)22-39-24-36-29-30(39)37-33(35)38-31(29)41/h24-26,28H,4-23,34H2,1-3H3,(H3,35,37,38,41)/t26-,28?/m1/s1. The Bertz CT molecular complexity index is 1150. The SMILES string of the molecule is CCCCCCCCCCCCCCCCCC(=O)OC[C@H](CCOC(=O)C(N)C(C)C)Cn1cnc2c(=O)[nH]c(N)nc21. The molecule has 250 valence electrons. The first-order valence-corrected chi connectivity index (χ1v) is 17.0. The number of hydrogen-bond donors (Lipinski definition) is 3. The Morgan fingerprint density at radius 3 is 2.05 bits per heavy atom. The summed E-state index contributed by atoms with van der Waals surface area (Å²) in [5.41, 5.74) is 11.7. The molecule has 0 aliphatic heterocycles. The largest absolute Gasteiger partial charge is 0.465 e. The van der Waals surface area contributed by atoms with E-state index in [0.717, 1.165) is 19.3 Å². The average Bonchev–Trinajstić information content (AvgIpc) is 3.39. The highest BCUT2D eigenvalue weighted by Crippen LogP contribution is 2.16. The Labute approximate surface area is 263 Å². The van der Waals surface area contributed by atoms with E-state index in [9.17, 15) is 14.4 Å². The summed E-state index contributed by atoms with van der Waals surface area (Å²) in [6.07, 6.45) is 21.4. The molecule has 0 amide bonds. The van der Waals surface area contributed by atoms with Crippen molar-refractivity contribution in [3.63, 3.8) is 0 Å². The van der Waals surface area contributed by atoms with Crippen molar-refractivity contribution in [2.45, 2.75) is 143 Å². The minimum absolute atomic E-state index is 0.00710. The summed E-state index contributed by atoms with van der Waals surface area (Å²) in [7, 11) is 0. The molecule has 11 heteroatoms. The van der Waals surface area contributed by atoms with E-state index in [1.165, 1.54) is 83.4 Å². The summed E-state index contributed by atoms with van der Waals surface area (Å²) >= 11 is 0. The molecule has 2 aromatic rings. The Kier molecular flexibility index (Phi) is 18.4. The van der Waals surface area contributed by atoms with Gasteiger partial charge in [-0.2, -0.15) is 4.98 Å². The van der Waals surface area contributed by atoms with Gasteiger partial charge in [-0.15, -0.1) is 0 Å². The number of H-pyrrole nitrogens is 1. The topological polar surface area (TPSA) is 168 Å². The molecule has 0 fully saturated rings. The number of esters is 2. The Morgan fingerprint density at radius 2 is 1.48 bits per heavy atom. The number of nitrogen functional groups attached to an aromatic ring is 1. The number of fused-ring (bicyclic) bond motifs is 1. The highest BCUT2D eigenvalue weighted by Gasteiger charge is 2.21. The molecule has 0 radical (unpaired) electrons. The second-order valence-electron chi connectivity index (χ2n) is 12.5. The smallest absolute Gasteiger partial charge is 0.323 e. The summed E-state index contributed by atoms with van der Waals surface area (Å²) in [6.45, 7) is 6.60. The van der Waals surface area contributed by atoms with Gasteiger partial charge in [-0.25, -0.2) is 4.98 Å². The fraction of sp³-hybridized carbons (Fsp3) is 0.788. The van der Waals surface area contributed by atoms with Crippen LogP contribution in [0.2, 0.25) is 0 Å². The molecular formula is C33H58N6O5. The number of carbonyl (C=O) groups excluding carboxylic acids is 2. The zero-order valence-electron chi connectivity index (χ0n) is 27.5. The monoisotopic (exact) mass is 618 g/mol. The number of aromatic amines is 1. The van der Waals surface area contributed by atoms with Crippen molar-refractivity contribution in [3.05, 3.63) is 16.7 Å². The number of imidazole rings is 1. The van der Waals surface area contributed by atoms with E-state index in [0.29, 0.717) is 25.0 Å². The van der Waals surface area contributed by atoms with E-state index < -0.39 is 17.6 Å². The predicted molar refractivity (Wildman–Crippen MR) is 175 cm³/mol. The van der Waals surface area contributed by atoms with Gasteiger partial charge >= 0.3 is 11.9 Å². The van der Waals surface area contributed by atoms with Crippen molar-refractivity contribution in [2.24, 2.45) is 17.6 Å². The summed E-state index contributed by atoms with van der Waals surface area (Å²) in [4.78, 5) is 47.7. The molecule has 2 aromatic heterocycles. The average molecular weight is 619 g/mol. The number of carbonyl (C=O) groups is 2. The third kappa shape index (κ3) is 14.7. The molecule has 0 saturated heterocycles. The first kappa shape index (κ1) is 37.2. The first-order chi connectivity index (χ1) is 21.2. The van der Waals surface area contributed by atoms with E-state index in [1.54, 1.807) is 4.57 Å². The van der Waals surface area contributed by atoms with E-state index in [-0.39, 0.29) is 42.5 Å². The van der Waals surface area contributed by atoms with Gasteiger partial charge in [-0.1, -0.05) is 111 Å². The predicted octanol–water partition coefficient (Wildman–Crippen LogP) is 6.04. The normalized spacial score (nSPS) is 12.9. The van der Waals surface area contributed by atoms with E-state index in [4.69, 9.17) is 20.9 Å². The van der Waals surface area contributed by atoms with Crippen molar-refractivity contribution in [2.75, 3.05) is 18.9 Å². The number of nitrogens with two attached hydrogens (primary N) is 2. The van der Waals surface area contributed by atoms with Gasteiger partial charge < -0.3 is 25.5 Å². The molecule has 0 aliphatic rings. The Balaban J connectivity index is 1.69. The van der Waals surface area contributed by atoms with Crippen molar-refractivity contribution in [1.82, 2.24) is 19.5 Å².